The lowest BCUT2D eigenvalue weighted by Crippen LogP contribution is -2.24. The minimum absolute atomic E-state index is 0.0989. The van der Waals surface area contributed by atoms with Crippen molar-refractivity contribution >= 4 is 23.3 Å². The quantitative estimate of drug-likeness (QED) is 0.410. The summed E-state index contributed by atoms with van der Waals surface area (Å²) in [6.45, 7) is 0.232. The molecule has 0 saturated heterocycles. The van der Waals surface area contributed by atoms with Crippen LogP contribution in [0.4, 0.5) is 4.39 Å². The van der Waals surface area contributed by atoms with Crippen molar-refractivity contribution in [3.8, 4) is 12.3 Å². The second-order valence-corrected chi connectivity index (χ2v) is 6.67. The topological polar surface area (TPSA) is 60.8 Å². The van der Waals surface area contributed by atoms with Crippen molar-refractivity contribution in [3.05, 3.63) is 75.8 Å². The molecule has 7 heteroatoms. The highest BCUT2D eigenvalue weighted by Crippen LogP contribution is 2.39. The highest BCUT2D eigenvalue weighted by atomic mass is 35.5. The molecule has 2 heterocycles. The van der Waals surface area contributed by atoms with E-state index in [1.165, 1.54) is 25.3 Å². The molecular formula is C22H18ClFN2O3. The molecule has 5 nitrogen and oxygen atoms in total. The molecule has 1 aliphatic rings. The zero-order valence-electron chi connectivity index (χ0n) is 15.7. The first-order valence-electron chi connectivity index (χ1n) is 8.78. The minimum Gasteiger partial charge on any atom is -0.466 e. The fourth-order valence-electron chi connectivity index (χ4n) is 3.15. The Kier molecular flexibility index (Phi) is 6.76. The van der Waals surface area contributed by atoms with E-state index in [0.29, 0.717) is 23.1 Å². The van der Waals surface area contributed by atoms with Gasteiger partial charge in [-0.1, -0.05) is 23.6 Å². The standard InChI is InChI=1S/C22H18ClFN2O3/c1-3-10-29-13-15-11-19(14-6-8-25-9-7-14)26-21(20(15)22(27)28-2)17-5-4-16(24)12-18(17)23/h1,4-9,12,21H,10-11,13H2,2H3. The fourth-order valence-corrected chi connectivity index (χ4v) is 3.42. The van der Waals surface area contributed by atoms with Gasteiger partial charge in [-0.05, 0) is 35.4 Å². The van der Waals surface area contributed by atoms with E-state index in [1.807, 2.05) is 12.1 Å². The Morgan fingerprint density at radius 1 is 1.34 bits per heavy atom. The number of terminal acetylenes is 1. The van der Waals surface area contributed by atoms with Crippen molar-refractivity contribution in [3.63, 3.8) is 0 Å². The van der Waals surface area contributed by atoms with Crippen LogP contribution < -0.4 is 0 Å². The lowest BCUT2D eigenvalue weighted by atomic mass is 9.87. The number of pyridine rings is 1. The Bertz CT molecular complexity index is 1010. The number of dihydropyridines is 1. The summed E-state index contributed by atoms with van der Waals surface area (Å²) in [5.74, 6) is 1.38. The Morgan fingerprint density at radius 3 is 2.76 bits per heavy atom. The number of carbonyl (C=O) groups excluding carboxylic acids is 1. The molecule has 0 N–H and O–H groups in total. The highest BCUT2D eigenvalue weighted by molar-refractivity contribution is 6.31. The Hall–Kier alpha value is -3.01. The third-order valence-electron chi connectivity index (χ3n) is 4.46. The van der Waals surface area contributed by atoms with Crippen molar-refractivity contribution < 1.29 is 18.7 Å². The molecule has 0 amide bonds. The summed E-state index contributed by atoms with van der Waals surface area (Å²) in [5.41, 5.74) is 3.07. The second-order valence-electron chi connectivity index (χ2n) is 6.26. The molecule has 1 aromatic carbocycles. The van der Waals surface area contributed by atoms with E-state index in [-0.39, 0.29) is 18.2 Å². The lowest BCUT2D eigenvalue weighted by Gasteiger charge is -2.27. The van der Waals surface area contributed by atoms with E-state index in [0.717, 1.165) is 11.3 Å². The van der Waals surface area contributed by atoms with Crippen LogP contribution in [0.5, 0.6) is 0 Å². The van der Waals surface area contributed by atoms with Gasteiger partial charge in [0, 0.05) is 35.1 Å². The Balaban J connectivity index is 2.15. The number of ether oxygens (including phenoxy) is 2. The number of aliphatic imine (C=N–C) groups is 1. The van der Waals surface area contributed by atoms with Crippen LogP contribution in [0, 0.1) is 18.2 Å². The van der Waals surface area contributed by atoms with Crippen LogP contribution in [0.2, 0.25) is 5.02 Å². The summed E-state index contributed by atoms with van der Waals surface area (Å²) in [5, 5.41) is 0.167. The predicted octanol–water partition coefficient (Wildman–Crippen LogP) is 3.93. The maximum atomic E-state index is 13.6. The first kappa shape index (κ1) is 20.7. The number of hydrogen-bond donors (Lipinski definition) is 0. The number of rotatable bonds is 6. The van der Waals surface area contributed by atoms with Crippen LogP contribution in [0.15, 0.2) is 58.9 Å². The van der Waals surface area contributed by atoms with Crippen LogP contribution in [0.3, 0.4) is 0 Å². The van der Waals surface area contributed by atoms with Crippen molar-refractivity contribution in [1.82, 2.24) is 4.98 Å². The van der Waals surface area contributed by atoms with Crippen molar-refractivity contribution in [2.75, 3.05) is 20.3 Å². The maximum absolute atomic E-state index is 13.6. The van der Waals surface area contributed by atoms with E-state index in [9.17, 15) is 9.18 Å². The predicted molar refractivity (Wildman–Crippen MR) is 108 cm³/mol. The summed E-state index contributed by atoms with van der Waals surface area (Å²) in [7, 11) is 1.29. The average molecular weight is 413 g/mol. The van der Waals surface area contributed by atoms with Gasteiger partial charge in [0.1, 0.15) is 18.5 Å². The van der Waals surface area contributed by atoms with Crippen LogP contribution in [0.1, 0.15) is 23.6 Å². The summed E-state index contributed by atoms with van der Waals surface area (Å²) in [6.07, 6.45) is 8.96. The molecule has 1 aliphatic heterocycles. The molecule has 0 spiro atoms. The van der Waals surface area contributed by atoms with E-state index in [1.54, 1.807) is 12.4 Å². The van der Waals surface area contributed by atoms with E-state index in [2.05, 4.69) is 10.9 Å². The highest BCUT2D eigenvalue weighted by Gasteiger charge is 2.33. The number of esters is 1. The van der Waals surface area contributed by atoms with Crippen molar-refractivity contribution in [2.24, 2.45) is 4.99 Å². The monoisotopic (exact) mass is 412 g/mol. The molecule has 0 bridgehead atoms. The van der Waals surface area contributed by atoms with E-state index in [4.69, 9.17) is 32.5 Å². The maximum Gasteiger partial charge on any atom is 0.336 e. The molecule has 0 fully saturated rings. The minimum atomic E-state index is -0.767. The molecule has 0 radical (unpaired) electrons. The number of benzene rings is 1. The van der Waals surface area contributed by atoms with Gasteiger partial charge in [0.05, 0.1) is 19.3 Å². The average Bonchev–Trinajstić information content (AvgIpc) is 2.73. The number of halogens is 2. The van der Waals surface area contributed by atoms with Gasteiger partial charge < -0.3 is 9.47 Å². The van der Waals surface area contributed by atoms with Crippen LogP contribution in [-0.2, 0) is 14.3 Å². The first-order chi connectivity index (χ1) is 14.0. The SMILES string of the molecule is C#CCOCC1=C(C(=O)OC)C(c2ccc(F)cc2Cl)N=C(c2ccncc2)C1. The number of carbonyl (C=O) groups is 1. The van der Waals surface area contributed by atoms with Crippen molar-refractivity contribution in [2.45, 2.75) is 12.5 Å². The smallest absolute Gasteiger partial charge is 0.336 e. The molecule has 3 rings (SSSR count). The zero-order valence-corrected chi connectivity index (χ0v) is 16.4. The Morgan fingerprint density at radius 2 is 2.10 bits per heavy atom. The van der Waals surface area contributed by atoms with Gasteiger partial charge in [0.15, 0.2) is 0 Å². The molecule has 1 atom stereocenters. The van der Waals surface area contributed by atoms with Gasteiger partial charge in [-0.25, -0.2) is 9.18 Å². The fraction of sp³-hybridized carbons (Fsp3) is 0.227. The molecule has 148 valence electrons. The van der Waals surface area contributed by atoms with Gasteiger partial charge in [0.25, 0.3) is 0 Å². The molecule has 1 aromatic heterocycles. The molecular weight excluding hydrogens is 395 g/mol. The van der Waals surface area contributed by atoms with Crippen LogP contribution >= 0.6 is 11.6 Å². The van der Waals surface area contributed by atoms with Crippen molar-refractivity contribution in [1.29, 1.82) is 0 Å². The third-order valence-corrected chi connectivity index (χ3v) is 4.79. The van der Waals surface area contributed by atoms with Gasteiger partial charge >= 0.3 is 5.97 Å². The van der Waals surface area contributed by atoms with Crippen LogP contribution in [0.25, 0.3) is 0 Å². The third kappa shape index (κ3) is 4.70. The van der Waals surface area contributed by atoms with Gasteiger partial charge in [0.2, 0.25) is 0 Å². The van der Waals surface area contributed by atoms with Gasteiger partial charge in [-0.15, -0.1) is 6.42 Å². The Labute approximate surface area is 173 Å². The summed E-state index contributed by atoms with van der Waals surface area (Å²) < 4.78 is 24.1. The molecule has 0 aliphatic carbocycles. The van der Waals surface area contributed by atoms with Gasteiger partial charge in [-0.2, -0.15) is 0 Å². The molecule has 2 aromatic rings. The van der Waals surface area contributed by atoms with Gasteiger partial charge in [-0.3, -0.25) is 9.98 Å². The largest absolute Gasteiger partial charge is 0.466 e. The number of methoxy groups -OCH3 is 1. The lowest BCUT2D eigenvalue weighted by molar-refractivity contribution is -0.136. The summed E-state index contributed by atoms with van der Waals surface area (Å²) >= 11 is 6.29. The normalized spacial score (nSPS) is 16.2. The van der Waals surface area contributed by atoms with E-state index < -0.39 is 17.8 Å². The second kappa shape index (κ2) is 9.46. The van der Waals surface area contributed by atoms with Crippen LogP contribution in [-0.4, -0.2) is 37.0 Å². The number of hydrogen-bond acceptors (Lipinski definition) is 5. The molecule has 0 saturated carbocycles. The van der Waals surface area contributed by atoms with E-state index >= 15 is 0 Å². The molecule has 29 heavy (non-hydrogen) atoms. The molecule has 1 unspecified atom stereocenters. The zero-order chi connectivity index (χ0) is 20.8. The number of nitrogens with zero attached hydrogens (tertiary/aromatic N) is 2. The number of aromatic nitrogens is 1. The first-order valence-corrected chi connectivity index (χ1v) is 9.16. The summed E-state index contributed by atoms with van der Waals surface area (Å²) in [4.78, 5) is 21.4. The summed E-state index contributed by atoms with van der Waals surface area (Å²) in [6, 6.07) is 6.87.